The predicted octanol–water partition coefficient (Wildman–Crippen LogP) is 3.78. The van der Waals surface area contributed by atoms with Gasteiger partial charge in [0.1, 0.15) is 5.75 Å². The Morgan fingerprint density at radius 2 is 1.79 bits per heavy atom. The van der Waals surface area contributed by atoms with Crippen molar-refractivity contribution in [3.8, 4) is 17.2 Å². The molecule has 3 N–H and O–H groups in total. The lowest BCUT2D eigenvalue weighted by Crippen LogP contribution is -2.16. The first-order valence-electron chi connectivity index (χ1n) is 8.47. The SMILES string of the molecule is CCOc1ccc(C(CN)Cc2ccc(O)c(OCC)c2)c(C)c1. The van der Waals surface area contributed by atoms with Crippen LogP contribution in [-0.2, 0) is 6.42 Å². The lowest BCUT2D eigenvalue weighted by molar-refractivity contribution is 0.317. The van der Waals surface area contributed by atoms with Gasteiger partial charge in [-0.2, -0.15) is 0 Å². The molecule has 0 aliphatic heterocycles. The van der Waals surface area contributed by atoms with E-state index in [1.54, 1.807) is 6.07 Å². The highest BCUT2D eigenvalue weighted by atomic mass is 16.5. The Kier molecular flexibility index (Phi) is 6.50. The molecule has 0 saturated carbocycles. The molecule has 0 radical (unpaired) electrons. The summed E-state index contributed by atoms with van der Waals surface area (Å²) in [6.07, 6.45) is 0.797. The molecule has 2 aromatic carbocycles. The van der Waals surface area contributed by atoms with Crippen molar-refractivity contribution in [2.24, 2.45) is 5.73 Å². The second kappa shape index (κ2) is 8.60. The highest BCUT2D eigenvalue weighted by Gasteiger charge is 2.15. The number of aromatic hydroxyl groups is 1. The Bertz CT molecular complexity index is 670. The Morgan fingerprint density at radius 1 is 1.04 bits per heavy atom. The maximum atomic E-state index is 9.84. The number of phenols is 1. The van der Waals surface area contributed by atoms with Crippen molar-refractivity contribution in [1.29, 1.82) is 0 Å². The van der Waals surface area contributed by atoms with Gasteiger partial charge in [0.25, 0.3) is 0 Å². The van der Waals surface area contributed by atoms with Gasteiger partial charge in [-0.3, -0.25) is 0 Å². The largest absolute Gasteiger partial charge is 0.504 e. The van der Waals surface area contributed by atoms with E-state index in [1.807, 2.05) is 32.0 Å². The molecule has 2 rings (SSSR count). The van der Waals surface area contributed by atoms with E-state index in [9.17, 15) is 5.11 Å². The molecule has 0 aliphatic rings. The van der Waals surface area contributed by atoms with Crippen molar-refractivity contribution < 1.29 is 14.6 Å². The fourth-order valence-electron chi connectivity index (χ4n) is 2.92. The van der Waals surface area contributed by atoms with Gasteiger partial charge in [-0.25, -0.2) is 0 Å². The average Bonchev–Trinajstić information content (AvgIpc) is 2.57. The zero-order chi connectivity index (χ0) is 17.5. The first-order valence-corrected chi connectivity index (χ1v) is 8.47. The molecule has 0 bridgehead atoms. The maximum Gasteiger partial charge on any atom is 0.161 e. The summed E-state index contributed by atoms with van der Waals surface area (Å²) in [5.41, 5.74) is 9.54. The fourth-order valence-corrected chi connectivity index (χ4v) is 2.92. The minimum atomic E-state index is 0.169. The van der Waals surface area contributed by atoms with Crippen LogP contribution in [0.1, 0.15) is 36.5 Å². The summed E-state index contributed by atoms with van der Waals surface area (Å²) in [4.78, 5) is 0. The molecular weight excluding hydrogens is 302 g/mol. The molecule has 24 heavy (non-hydrogen) atoms. The summed E-state index contributed by atoms with van der Waals surface area (Å²) in [6.45, 7) is 7.70. The lowest BCUT2D eigenvalue weighted by atomic mass is 9.89. The molecular formula is C20H27NO3. The van der Waals surface area contributed by atoms with Crippen LogP contribution < -0.4 is 15.2 Å². The van der Waals surface area contributed by atoms with Crippen LogP contribution in [0.15, 0.2) is 36.4 Å². The fraction of sp³-hybridized carbons (Fsp3) is 0.400. The van der Waals surface area contributed by atoms with Crippen LogP contribution >= 0.6 is 0 Å². The Labute approximate surface area is 144 Å². The normalized spacial score (nSPS) is 12.0. The van der Waals surface area contributed by atoms with E-state index in [2.05, 4.69) is 19.1 Å². The monoisotopic (exact) mass is 329 g/mol. The molecule has 1 atom stereocenters. The molecule has 0 saturated heterocycles. The van der Waals surface area contributed by atoms with E-state index in [0.29, 0.717) is 25.5 Å². The summed E-state index contributed by atoms with van der Waals surface area (Å²) in [5.74, 6) is 1.79. The lowest BCUT2D eigenvalue weighted by Gasteiger charge is -2.19. The van der Waals surface area contributed by atoms with Gasteiger partial charge in [-0.05, 0) is 74.7 Å². The number of phenolic OH excluding ortho intramolecular Hbond substituents is 1. The van der Waals surface area contributed by atoms with Gasteiger partial charge in [0, 0.05) is 5.92 Å². The number of nitrogens with two attached hydrogens (primary N) is 1. The first-order chi connectivity index (χ1) is 11.6. The zero-order valence-electron chi connectivity index (χ0n) is 14.7. The number of aryl methyl sites for hydroxylation is 1. The van der Waals surface area contributed by atoms with Crippen LogP contribution in [-0.4, -0.2) is 24.9 Å². The molecule has 4 heteroatoms. The van der Waals surface area contributed by atoms with Crippen LogP contribution in [0.3, 0.4) is 0 Å². The van der Waals surface area contributed by atoms with Gasteiger partial charge in [0.15, 0.2) is 11.5 Å². The summed E-state index contributed by atoms with van der Waals surface area (Å²) in [5, 5.41) is 9.84. The second-order valence-corrected chi connectivity index (χ2v) is 5.82. The van der Waals surface area contributed by atoms with Gasteiger partial charge in [0.05, 0.1) is 13.2 Å². The smallest absolute Gasteiger partial charge is 0.161 e. The number of ether oxygens (including phenoxy) is 2. The van der Waals surface area contributed by atoms with Crippen molar-refractivity contribution >= 4 is 0 Å². The average molecular weight is 329 g/mol. The second-order valence-electron chi connectivity index (χ2n) is 5.82. The summed E-state index contributed by atoms with van der Waals surface area (Å²) >= 11 is 0. The first kappa shape index (κ1) is 18.1. The third-order valence-electron chi connectivity index (χ3n) is 4.08. The number of hydrogen-bond donors (Lipinski definition) is 2. The number of hydrogen-bond acceptors (Lipinski definition) is 4. The molecule has 0 fully saturated rings. The topological polar surface area (TPSA) is 64.7 Å². The highest BCUT2D eigenvalue weighted by molar-refractivity contribution is 5.43. The molecule has 0 heterocycles. The molecule has 0 amide bonds. The van der Waals surface area contributed by atoms with E-state index >= 15 is 0 Å². The third-order valence-corrected chi connectivity index (χ3v) is 4.08. The molecule has 130 valence electrons. The molecule has 0 aromatic heterocycles. The predicted molar refractivity (Wildman–Crippen MR) is 97.1 cm³/mol. The Hall–Kier alpha value is -2.20. The van der Waals surface area contributed by atoms with Crippen LogP contribution in [0.4, 0.5) is 0 Å². The maximum absolute atomic E-state index is 9.84. The van der Waals surface area contributed by atoms with E-state index in [0.717, 1.165) is 17.7 Å². The number of benzene rings is 2. The van der Waals surface area contributed by atoms with Crippen molar-refractivity contribution in [3.05, 3.63) is 53.1 Å². The van der Waals surface area contributed by atoms with Crippen LogP contribution in [0, 0.1) is 6.92 Å². The van der Waals surface area contributed by atoms with E-state index in [4.69, 9.17) is 15.2 Å². The van der Waals surface area contributed by atoms with Crippen molar-refractivity contribution in [2.45, 2.75) is 33.1 Å². The minimum absolute atomic E-state index is 0.169. The van der Waals surface area contributed by atoms with Gasteiger partial charge in [0.2, 0.25) is 0 Å². The highest BCUT2D eigenvalue weighted by Crippen LogP contribution is 2.31. The summed E-state index contributed by atoms with van der Waals surface area (Å²) in [7, 11) is 0. The van der Waals surface area contributed by atoms with Crippen LogP contribution in [0.2, 0.25) is 0 Å². The van der Waals surface area contributed by atoms with Crippen molar-refractivity contribution in [3.63, 3.8) is 0 Å². The van der Waals surface area contributed by atoms with E-state index < -0.39 is 0 Å². The zero-order valence-corrected chi connectivity index (χ0v) is 14.7. The van der Waals surface area contributed by atoms with E-state index in [1.165, 1.54) is 11.1 Å². The van der Waals surface area contributed by atoms with Gasteiger partial charge in [-0.15, -0.1) is 0 Å². The molecule has 2 aromatic rings. The molecule has 1 unspecified atom stereocenters. The van der Waals surface area contributed by atoms with E-state index in [-0.39, 0.29) is 11.7 Å². The Morgan fingerprint density at radius 3 is 2.42 bits per heavy atom. The van der Waals surface area contributed by atoms with Gasteiger partial charge >= 0.3 is 0 Å². The van der Waals surface area contributed by atoms with Crippen molar-refractivity contribution in [2.75, 3.05) is 19.8 Å². The number of rotatable bonds is 8. The molecule has 4 nitrogen and oxygen atoms in total. The standard InChI is InChI=1S/C20H27NO3/c1-4-23-17-7-8-18(14(3)10-17)16(13-21)11-15-6-9-19(22)20(12-15)24-5-2/h6-10,12,16,22H,4-5,11,13,21H2,1-3H3. The third kappa shape index (κ3) is 4.42. The van der Waals surface area contributed by atoms with Crippen LogP contribution in [0.5, 0.6) is 17.2 Å². The van der Waals surface area contributed by atoms with Gasteiger partial charge < -0.3 is 20.3 Å². The Balaban J connectivity index is 2.22. The molecule has 0 aliphatic carbocycles. The molecule has 0 spiro atoms. The summed E-state index contributed by atoms with van der Waals surface area (Å²) in [6, 6.07) is 11.7. The van der Waals surface area contributed by atoms with Crippen LogP contribution in [0.25, 0.3) is 0 Å². The summed E-state index contributed by atoms with van der Waals surface area (Å²) < 4.78 is 11.0. The van der Waals surface area contributed by atoms with Gasteiger partial charge in [-0.1, -0.05) is 12.1 Å². The quantitative estimate of drug-likeness (QED) is 0.773. The minimum Gasteiger partial charge on any atom is -0.504 e. The van der Waals surface area contributed by atoms with Crippen molar-refractivity contribution in [1.82, 2.24) is 0 Å².